The second-order valence-electron chi connectivity index (χ2n) is 4.35. The molecule has 0 saturated heterocycles. The SMILES string of the molecule is CNc1c(C)c(C(F)(F)F)nc2c(Br)cc(C)cc12. The quantitative estimate of drug-likeness (QED) is 0.820. The Labute approximate surface area is 117 Å². The molecule has 1 aromatic heterocycles. The second-order valence-corrected chi connectivity index (χ2v) is 5.21. The van der Waals surface area contributed by atoms with Crippen molar-refractivity contribution in [1.29, 1.82) is 0 Å². The van der Waals surface area contributed by atoms with E-state index in [1.807, 2.05) is 13.0 Å². The van der Waals surface area contributed by atoms with Crippen LogP contribution < -0.4 is 5.32 Å². The fraction of sp³-hybridized carbons (Fsp3) is 0.308. The first-order chi connectivity index (χ1) is 8.75. The average molecular weight is 333 g/mol. The summed E-state index contributed by atoms with van der Waals surface area (Å²) in [6.07, 6.45) is -4.46. The van der Waals surface area contributed by atoms with E-state index in [-0.39, 0.29) is 5.56 Å². The lowest BCUT2D eigenvalue weighted by atomic mass is 10.0. The highest BCUT2D eigenvalue weighted by atomic mass is 79.9. The molecule has 0 unspecified atom stereocenters. The number of nitrogens with zero attached hydrogens (tertiary/aromatic N) is 1. The lowest BCUT2D eigenvalue weighted by Crippen LogP contribution is -2.12. The lowest BCUT2D eigenvalue weighted by molar-refractivity contribution is -0.141. The average Bonchev–Trinajstić information content (AvgIpc) is 2.26. The van der Waals surface area contributed by atoms with Crippen LogP contribution in [0.4, 0.5) is 18.9 Å². The fourth-order valence-electron chi connectivity index (χ4n) is 2.15. The van der Waals surface area contributed by atoms with Gasteiger partial charge in [0.25, 0.3) is 0 Å². The van der Waals surface area contributed by atoms with Crippen molar-refractivity contribution in [3.05, 3.63) is 33.4 Å². The van der Waals surface area contributed by atoms with Crippen molar-refractivity contribution in [2.75, 3.05) is 12.4 Å². The first kappa shape index (κ1) is 14.1. The Morgan fingerprint density at radius 3 is 2.37 bits per heavy atom. The van der Waals surface area contributed by atoms with Crippen LogP contribution in [0.2, 0.25) is 0 Å². The summed E-state index contributed by atoms with van der Waals surface area (Å²) in [5.41, 5.74) is 0.986. The summed E-state index contributed by atoms with van der Waals surface area (Å²) in [5, 5.41) is 3.52. The van der Waals surface area contributed by atoms with Gasteiger partial charge in [-0.1, -0.05) is 0 Å². The molecule has 0 spiro atoms. The molecule has 2 aromatic rings. The predicted octanol–water partition coefficient (Wildman–Crippen LogP) is 4.67. The normalized spacial score (nSPS) is 11.9. The van der Waals surface area contributed by atoms with Gasteiger partial charge in [-0.3, -0.25) is 0 Å². The van der Waals surface area contributed by atoms with Crippen molar-refractivity contribution in [3.8, 4) is 0 Å². The summed E-state index contributed by atoms with van der Waals surface area (Å²) >= 11 is 3.28. The molecule has 0 bridgehead atoms. The number of fused-ring (bicyclic) bond motifs is 1. The van der Waals surface area contributed by atoms with Crippen LogP contribution in [-0.2, 0) is 6.18 Å². The summed E-state index contributed by atoms with van der Waals surface area (Å²) in [6.45, 7) is 3.31. The van der Waals surface area contributed by atoms with Gasteiger partial charge in [0.2, 0.25) is 0 Å². The van der Waals surface area contributed by atoms with Crippen molar-refractivity contribution in [2.45, 2.75) is 20.0 Å². The number of halogens is 4. The molecule has 0 radical (unpaired) electrons. The number of anilines is 1. The number of alkyl halides is 3. The van der Waals surface area contributed by atoms with Gasteiger partial charge in [-0.05, 0) is 47.5 Å². The topological polar surface area (TPSA) is 24.9 Å². The standard InChI is InChI=1S/C13H12BrF3N2/c1-6-4-8-10(18-3)7(2)12(13(15,16)17)19-11(8)9(14)5-6/h4-5H,1-3H3,(H,18,19). The van der Waals surface area contributed by atoms with Crippen LogP contribution in [0.3, 0.4) is 0 Å². The molecule has 6 heteroatoms. The number of benzene rings is 1. The van der Waals surface area contributed by atoms with E-state index < -0.39 is 11.9 Å². The Morgan fingerprint density at radius 1 is 1.21 bits per heavy atom. The van der Waals surface area contributed by atoms with Gasteiger partial charge < -0.3 is 5.32 Å². The molecule has 1 N–H and O–H groups in total. The predicted molar refractivity (Wildman–Crippen MR) is 73.5 cm³/mol. The van der Waals surface area contributed by atoms with Gasteiger partial charge in [0.15, 0.2) is 0 Å². The Hall–Kier alpha value is -1.30. The maximum absolute atomic E-state index is 13.0. The minimum atomic E-state index is -4.46. The van der Waals surface area contributed by atoms with Crippen molar-refractivity contribution in [2.24, 2.45) is 0 Å². The van der Waals surface area contributed by atoms with Crippen LogP contribution in [0.25, 0.3) is 10.9 Å². The van der Waals surface area contributed by atoms with Gasteiger partial charge in [-0.25, -0.2) is 4.98 Å². The van der Waals surface area contributed by atoms with E-state index in [0.29, 0.717) is 21.1 Å². The summed E-state index contributed by atoms with van der Waals surface area (Å²) in [7, 11) is 1.61. The molecule has 0 saturated carbocycles. The number of aromatic nitrogens is 1. The Morgan fingerprint density at radius 2 is 1.84 bits per heavy atom. The van der Waals surface area contributed by atoms with E-state index in [1.165, 1.54) is 6.92 Å². The highest BCUT2D eigenvalue weighted by Crippen LogP contribution is 2.39. The zero-order valence-electron chi connectivity index (χ0n) is 10.6. The van der Waals surface area contributed by atoms with Crippen LogP contribution in [0.15, 0.2) is 16.6 Å². The molecule has 19 heavy (non-hydrogen) atoms. The molecule has 0 amide bonds. The number of hydrogen-bond acceptors (Lipinski definition) is 2. The molecule has 0 fully saturated rings. The number of rotatable bonds is 1. The zero-order valence-corrected chi connectivity index (χ0v) is 12.2. The van der Waals surface area contributed by atoms with E-state index in [9.17, 15) is 13.2 Å². The first-order valence-corrected chi connectivity index (χ1v) is 6.40. The molecule has 2 nitrogen and oxygen atoms in total. The third-order valence-corrected chi connectivity index (χ3v) is 3.55. The van der Waals surface area contributed by atoms with Crippen molar-refractivity contribution in [3.63, 3.8) is 0 Å². The monoisotopic (exact) mass is 332 g/mol. The Balaban J connectivity index is 2.95. The van der Waals surface area contributed by atoms with Crippen LogP contribution >= 0.6 is 15.9 Å². The highest BCUT2D eigenvalue weighted by molar-refractivity contribution is 9.10. The summed E-state index contributed by atoms with van der Waals surface area (Å²) in [5.74, 6) is 0. The largest absolute Gasteiger partial charge is 0.433 e. The number of nitrogens with one attached hydrogen (secondary N) is 1. The molecule has 1 heterocycles. The number of aryl methyl sites for hydroxylation is 1. The molecule has 0 aliphatic rings. The van der Waals surface area contributed by atoms with Crippen molar-refractivity contribution >= 4 is 32.5 Å². The first-order valence-electron chi connectivity index (χ1n) is 5.61. The third-order valence-electron chi connectivity index (χ3n) is 2.95. The molecule has 2 rings (SSSR count). The Bertz CT molecular complexity index is 651. The second kappa shape index (κ2) is 4.67. The summed E-state index contributed by atoms with van der Waals surface area (Å²) < 4.78 is 39.6. The Kier molecular flexibility index (Phi) is 3.47. The minimum absolute atomic E-state index is 0.111. The molecule has 0 atom stereocenters. The molecule has 0 aliphatic carbocycles. The molecule has 0 aliphatic heterocycles. The maximum Gasteiger partial charge on any atom is 0.433 e. The van der Waals surface area contributed by atoms with Crippen LogP contribution in [0.5, 0.6) is 0 Å². The van der Waals surface area contributed by atoms with Gasteiger partial charge in [0.1, 0.15) is 5.69 Å². The van der Waals surface area contributed by atoms with E-state index in [0.717, 1.165) is 5.56 Å². The zero-order chi connectivity index (χ0) is 14.4. The number of pyridine rings is 1. The summed E-state index contributed by atoms with van der Waals surface area (Å²) in [4.78, 5) is 3.78. The van der Waals surface area contributed by atoms with Gasteiger partial charge in [0, 0.05) is 28.2 Å². The highest BCUT2D eigenvalue weighted by Gasteiger charge is 2.36. The van der Waals surface area contributed by atoms with E-state index >= 15 is 0 Å². The van der Waals surface area contributed by atoms with Gasteiger partial charge >= 0.3 is 6.18 Å². The lowest BCUT2D eigenvalue weighted by Gasteiger charge is -2.17. The molecular weight excluding hydrogens is 321 g/mol. The van der Waals surface area contributed by atoms with Gasteiger partial charge in [-0.2, -0.15) is 13.2 Å². The van der Waals surface area contributed by atoms with Crippen molar-refractivity contribution in [1.82, 2.24) is 4.98 Å². The van der Waals surface area contributed by atoms with E-state index in [2.05, 4.69) is 26.2 Å². The van der Waals surface area contributed by atoms with Crippen LogP contribution in [-0.4, -0.2) is 12.0 Å². The van der Waals surface area contributed by atoms with E-state index in [1.54, 1.807) is 13.1 Å². The van der Waals surface area contributed by atoms with E-state index in [4.69, 9.17) is 0 Å². The summed E-state index contributed by atoms with van der Waals surface area (Å²) in [6, 6.07) is 3.58. The van der Waals surface area contributed by atoms with Gasteiger partial charge in [-0.15, -0.1) is 0 Å². The smallest absolute Gasteiger partial charge is 0.387 e. The van der Waals surface area contributed by atoms with Gasteiger partial charge in [0.05, 0.1) is 5.52 Å². The third kappa shape index (κ3) is 2.41. The fourth-order valence-corrected chi connectivity index (χ4v) is 2.82. The van der Waals surface area contributed by atoms with Crippen LogP contribution in [0, 0.1) is 13.8 Å². The number of hydrogen-bond donors (Lipinski definition) is 1. The molecule has 102 valence electrons. The molecular formula is C13H12BrF3N2. The van der Waals surface area contributed by atoms with Crippen LogP contribution in [0.1, 0.15) is 16.8 Å². The minimum Gasteiger partial charge on any atom is -0.387 e. The molecule has 1 aromatic carbocycles. The maximum atomic E-state index is 13.0. The van der Waals surface area contributed by atoms with Crippen molar-refractivity contribution < 1.29 is 13.2 Å².